The molecule has 0 aromatic rings. The van der Waals surface area contributed by atoms with E-state index in [1.54, 1.807) is 0 Å². The molecule has 0 saturated heterocycles. The van der Waals surface area contributed by atoms with Crippen LogP contribution in [0.4, 0.5) is 0 Å². The number of nitrogens with two attached hydrogens (primary N) is 2. The molecule has 2 unspecified atom stereocenters. The Kier molecular flexibility index (Phi) is 5.51. The highest BCUT2D eigenvalue weighted by atomic mass is 14.9. The molecule has 0 radical (unpaired) electrons. The topological polar surface area (TPSA) is 52.0 Å². The maximum absolute atomic E-state index is 5.56. The molecule has 2 heteroatoms. The molecule has 0 aliphatic rings. The first-order valence-corrected chi connectivity index (χ1v) is 4.59. The third kappa shape index (κ3) is 5.22. The Labute approximate surface area is 70.3 Å². The Morgan fingerprint density at radius 1 is 1.18 bits per heavy atom. The highest BCUT2D eigenvalue weighted by Crippen LogP contribution is 2.16. The summed E-state index contributed by atoms with van der Waals surface area (Å²) >= 11 is 0. The fourth-order valence-corrected chi connectivity index (χ4v) is 1.40. The Bertz CT molecular complexity index is 91.6. The van der Waals surface area contributed by atoms with Crippen molar-refractivity contribution in [2.24, 2.45) is 23.3 Å². The van der Waals surface area contributed by atoms with Crippen LogP contribution in [0.2, 0.25) is 0 Å². The SMILES string of the molecule is CCCC(C)CC(C)C(N)N. The smallest absolute Gasteiger partial charge is 0.0547 e. The van der Waals surface area contributed by atoms with Crippen LogP contribution in [0.5, 0.6) is 0 Å². The van der Waals surface area contributed by atoms with Crippen LogP contribution in [-0.4, -0.2) is 6.17 Å². The molecule has 0 amide bonds. The summed E-state index contributed by atoms with van der Waals surface area (Å²) in [7, 11) is 0. The summed E-state index contributed by atoms with van der Waals surface area (Å²) < 4.78 is 0. The molecular weight excluding hydrogens is 136 g/mol. The van der Waals surface area contributed by atoms with Gasteiger partial charge in [0.15, 0.2) is 0 Å². The van der Waals surface area contributed by atoms with Crippen molar-refractivity contribution in [3.8, 4) is 0 Å². The van der Waals surface area contributed by atoms with Crippen molar-refractivity contribution in [3.63, 3.8) is 0 Å². The van der Waals surface area contributed by atoms with Gasteiger partial charge in [0.2, 0.25) is 0 Å². The first-order valence-electron chi connectivity index (χ1n) is 4.59. The number of hydrogen-bond acceptors (Lipinski definition) is 2. The second-order valence-electron chi connectivity index (χ2n) is 3.68. The summed E-state index contributed by atoms with van der Waals surface area (Å²) in [4.78, 5) is 0. The highest BCUT2D eigenvalue weighted by molar-refractivity contribution is 4.65. The van der Waals surface area contributed by atoms with E-state index in [1.165, 1.54) is 12.8 Å². The molecule has 0 aliphatic heterocycles. The molecule has 68 valence electrons. The van der Waals surface area contributed by atoms with E-state index in [1.807, 2.05) is 0 Å². The van der Waals surface area contributed by atoms with E-state index in [0.29, 0.717) is 5.92 Å². The average molecular weight is 158 g/mol. The summed E-state index contributed by atoms with van der Waals surface area (Å²) in [5.74, 6) is 1.22. The minimum absolute atomic E-state index is 0.144. The van der Waals surface area contributed by atoms with E-state index in [2.05, 4.69) is 20.8 Å². The summed E-state index contributed by atoms with van der Waals surface area (Å²) in [5.41, 5.74) is 11.1. The van der Waals surface area contributed by atoms with E-state index in [9.17, 15) is 0 Å². The highest BCUT2D eigenvalue weighted by Gasteiger charge is 2.11. The zero-order valence-electron chi connectivity index (χ0n) is 8.01. The van der Waals surface area contributed by atoms with E-state index >= 15 is 0 Å². The van der Waals surface area contributed by atoms with Gasteiger partial charge in [0.05, 0.1) is 6.17 Å². The van der Waals surface area contributed by atoms with Crippen LogP contribution in [0.3, 0.4) is 0 Å². The molecule has 0 fully saturated rings. The molecule has 0 aromatic carbocycles. The molecule has 0 aromatic heterocycles. The Hall–Kier alpha value is -0.0800. The number of rotatable bonds is 5. The van der Waals surface area contributed by atoms with E-state index in [-0.39, 0.29) is 6.17 Å². The third-order valence-corrected chi connectivity index (χ3v) is 2.21. The van der Waals surface area contributed by atoms with Crippen LogP contribution in [0.15, 0.2) is 0 Å². The van der Waals surface area contributed by atoms with Crippen molar-refractivity contribution in [2.45, 2.75) is 46.2 Å². The van der Waals surface area contributed by atoms with Crippen LogP contribution in [0, 0.1) is 11.8 Å². The van der Waals surface area contributed by atoms with Crippen molar-refractivity contribution in [1.82, 2.24) is 0 Å². The Morgan fingerprint density at radius 2 is 1.73 bits per heavy atom. The van der Waals surface area contributed by atoms with Gasteiger partial charge >= 0.3 is 0 Å². The minimum Gasteiger partial charge on any atom is -0.316 e. The fourth-order valence-electron chi connectivity index (χ4n) is 1.40. The number of hydrogen-bond donors (Lipinski definition) is 2. The normalized spacial score (nSPS) is 16.9. The second-order valence-corrected chi connectivity index (χ2v) is 3.68. The van der Waals surface area contributed by atoms with Gasteiger partial charge in [-0.25, -0.2) is 0 Å². The van der Waals surface area contributed by atoms with Crippen LogP contribution in [0.1, 0.15) is 40.0 Å². The van der Waals surface area contributed by atoms with Crippen molar-refractivity contribution < 1.29 is 0 Å². The quantitative estimate of drug-likeness (QED) is 0.598. The largest absolute Gasteiger partial charge is 0.316 e. The fraction of sp³-hybridized carbons (Fsp3) is 1.00. The summed E-state index contributed by atoms with van der Waals surface area (Å²) in [6, 6.07) is 0. The molecular formula is C9H22N2. The molecule has 11 heavy (non-hydrogen) atoms. The average Bonchev–Trinajstić information content (AvgIpc) is 1.87. The predicted octanol–water partition coefficient (Wildman–Crippen LogP) is 1.69. The van der Waals surface area contributed by atoms with Gasteiger partial charge in [-0.15, -0.1) is 0 Å². The van der Waals surface area contributed by atoms with E-state index in [4.69, 9.17) is 11.5 Å². The van der Waals surface area contributed by atoms with Gasteiger partial charge in [-0.05, 0) is 18.3 Å². The maximum Gasteiger partial charge on any atom is 0.0547 e. The van der Waals surface area contributed by atoms with Crippen molar-refractivity contribution >= 4 is 0 Å². The monoisotopic (exact) mass is 158 g/mol. The van der Waals surface area contributed by atoms with Crippen LogP contribution < -0.4 is 11.5 Å². The summed E-state index contributed by atoms with van der Waals surface area (Å²) in [6.07, 6.45) is 3.56. The first-order chi connectivity index (χ1) is 5.07. The van der Waals surface area contributed by atoms with E-state index < -0.39 is 0 Å². The van der Waals surface area contributed by atoms with E-state index in [0.717, 1.165) is 12.3 Å². The summed E-state index contributed by atoms with van der Waals surface area (Å²) in [6.45, 7) is 6.60. The van der Waals surface area contributed by atoms with Crippen molar-refractivity contribution in [3.05, 3.63) is 0 Å². The van der Waals surface area contributed by atoms with Crippen molar-refractivity contribution in [1.29, 1.82) is 0 Å². The third-order valence-electron chi connectivity index (χ3n) is 2.21. The lowest BCUT2D eigenvalue weighted by Gasteiger charge is -2.19. The maximum atomic E-state index is 5.56. The van der Waals surface area contributed by atoms with Gasteiger partial charge in [-0.2, -0.15) is 0 Å². The van der Waals surface area contributed by atoms with Gasteiger partial charge in [0.25, 0.3) is 0 Å². The Balaban J connectivity index is 3.48. The molecule has 0 bridgehead atoms. The molecule has 0 saturated carbocycles. The van der Waals surface area contributed by atoms with Gasteiger partial charge in [0, 0.05) is 0 Å². The van der Waals surface area contributed by atoms with Gasteiger partial charge in [-0.1, -0.05) is 33.6 Å². The molecule has 0 aliphatic carbocycles. The molecule has 0 heterocycles. The molecule has 2 atom stereocenters. The van der Waals surface area contributed by atoms with Crippen LogP contribution >= 0.6 is 0 Å². The standard InChI is InChI=1S/C9H22N2/c1-4-5-7(2)6-8(3)9(10)11/h7-9H,4-6,10-11H2,1-3H3. The zero-order chi connectivity index (χ0) is 8.85. The van der Waals surface area contributed by atoms with Gasteiger partial charge in [-0.3, -0.25) is 0 Å². The lowest BCUT2D eigenvalue weighted by Crippen LogP contribution is -2.37. The van der Waals surface area contributed by atoms with Crippen molar-refractivity contribution in [2.75, 3.05) is 0 Å². The van der Waals surface area contributed by atoms with Crippen LogP contribution in [-0.2, 0) is 0 Å². The second kappa shape index (κ2) is 5.56. The lowest BCUT2D eigenvalue weighted by atomic mass is 9.92. The van der Waals surface area contributed by atoms with Crippen LogP contribution in [0.25, 0.3) is 0 Å². The van der Waals surface area contributed by atoms with Gasteiger partial charge < -0.3 is 11.5 Å². The lowest BCUT2D eigenvalue weighted by molar-refractivity contribution is 0.348. The molecule has 2 nitrogen and oxygen atoms in total. The Morgan fingerprint density at radius 3 is 2.09 bits per heavy atom. The first kappa shape index (κ1) is 10.9. The minimum atomic E-state index is -0.144. The molecule has 0 spiro atoms. The predicted molar refractivity (Wildman–Crippen MR) is 50.0 cm³/mol. The zero-order valence-corrected chi connectivity index (χ0v) is 8.01. The molecule has 4 N–H and O–H groups in total. The van der Waals surface area contributed by atoms with Gasteiger partial charge in [0.1, 0.15) is 0 Å². The summed E-state index contributed by atoms with van der Waals surface area (Å²) in [5, 5.41) is 0. The molecule has 0 rings (SSSR count).